The predicted octanol–water partition coefficient (Wildman–Crippen LogP) is 21.4. The third kappa shape index (κ3) is 6.76. The van der Waals surface area contributed by atoms with E-state index in [1.807, 2.05) is 23.5 Å². The number of allylic oxidation sites excluding steroid dienone is 4. The average molecular weight is 1120 g/mol. The van der Waals surface area contributed by atoms with Gasteiger partial charge in [0, 0.05) is 47.7 Å². The standard InChI is InChI=1S/C81H56N2S2/c1-49-57(40-41-63-59-23-7-9-25-67(59)81(79(49)63)47-53-20-4-5-21-54(53)48-81)78-62-39-36-55(82-69-26-10-14-30-73(69)84-74-31-15-11-27-70(74)82)43-64(62)77(61-38-35-56(44-65(61)78)83-71-28-12-16-32-75(71)85-76-33-17-13-29-72(76)83)50-34-37-60-58-22-6-8-24-66(58)80(68(60)42-50)45-51-18-2-3-19-52(51)46-80/h2-44,49,57H,45-48H2,1H3/t49-,57?/m0/s1. The minimum atomic E-state index is -0.163. The first-order chi connectivity index (χ1) is 42.0. The molecule has 0 aromatic heterocycles. The lowest BCUT2D eigenvalue weighted by atomic mass is 9.65. The number of anilines is 6. The summed E-state index contributed by atoms with van der Waals surface area (Å²) >= 11 is 3.74. The fourth-order valence-corrected chi connectivity index (χ4v) is 19.3. The molecule has 0 N–H and O–H groups in total. The zero-order chi connectivity index (χ0) is 55.7. The Morgan fingerprint density at radius 3 is 1.39 bits per heavy atom. The molecule has 85 heavy (non-hydrogen) atoms. The van der Waals surface area contributed by atoms with Gasteiger partial charge in [-0.1, -0.05) is 212 Å². The lowest BCUT2D eigenvalue weighted by Crippen LogP contribution is -2.33. The molecule has 0 saturated heterocycles. The van der Waals surface area contributed by atoms with Crippen LogP contribution < -0.4 is 9.80 Å². The molecule has 402 valence electrons. The zero-order valence-corrected chi connectivity index (χ0v) is 48.7. The quantitative estimate of drug-likeness (QED) is 0.162. The molecule has 5 aliphatic carbocycles. The SMILES string of the molecule is C[C@@H]1C2=C(C=CC1c1c3ccc(N4c5ccccc5Sc5ccccc54)cc3c(-c3ccc4c(c3)C3(Cc5ccccc5C3)c3ccccc3-4)c3ccc(N4c5ccccc5Sc5ccccc54)cc13)c1ccccc1C21Cc2ccccc2C1. The molecule has 7 aliphatic rings. The van der Waals surface area contributed by atoms with Gasteiger partial charge in [-0.15, -0.1) is 0 Å². The van der Waals surface area contributed by atoms with E-state index in [1.54, 1.807) is 5.57 Å². The fourth-order valence-electron chi connectivity index (χ4n) is 17.2. The van der Waals surface area contributed by atoms with Crippen molar-refractivity contribution in [2.75, 3.05) is 9.80 Å². The third-order valence-electron chi connectivity index (χ3n) is 20.6. The van der Waals surface area contributed by atoms with Crippen molar-refractivity contribution in [2.24, 2.45) is 5.92 Å². The third-order valence-corrected chi connectivity index (χ3v) is 22.9. The van der Waals surface area contributed by atoms with Gasteiger partial charge in [-0.3, -0.25) is 0 Å². The van der Waals surface area contributed by atoms with E-state index in [2.05, 4.69) is 278 Å². The first kappa shape index (κ1) is 48.3. The van der Waals surface area contributed by atoms with E-state index in [-0.39, 0.29) is 22.7 Å². The van der Waals surface area contributed by atoms with Crippen LogP contribution in [0, 0.1) is 5.92 Å². The summed E-state index contributed by atoms with van der Waals surface area (Å²) in [5.74, 6) is 0.253. The summed E-state index contributed by atoms with van der Waals surface area (Å²) in [6.45, 7) is 2.58. The highest BCUT2D eigenvalue weighted by Gasteiger charge is 2.52. The normalized spacial score (nSPS) is 18.2. The maximum Gasteiger partial charge on any atom is 0.0601 e. The smallest absolute Gasteiger partial charge is 0.0601 e. The van der Waals surface area contributed by atoms with Gasteiger partial charge in [0.05, 0.1) is 22.7 Å². The zero-order valence-electron chi connectivity index (χ0n) is 47.0. The fraction of sp³-hybridized carbons (Fsp3) is 0.111. The largest absolute Gasteiger partial charge is 0.308 e. The number of hydrogen-bond acceptors (Lipinski definition) is 4. The van der Waals surface area contributed by atoms with Crippen molar-refractivity contribution < 1.29 is 0 Å². The monoisotopic (exact) mass is 1120 g/mol. The molecule has 0 bridgehead atoms. The van der Waals surface area contributed by atoms with Crippen molar-refractivity contribution in [3.05, 3.63) is 317 Å². The molecule has 19 rings (SSSR count). The number of benzene rings is 12. The Morgan fingerprint density at radius 1 is 0.376 bits per heavy atom. The summed E-state index contributed by atoms with van der Waals surface area (Å²) in [6, 6.07) is 95.7. The second kappa shape index (κ2) is 18.0. The van der Waals surface area contributed by atoms with Crippen LogP contribution >= 0.6 is 23.5 Å². The molecule has 2 nitrogen and oxygen atoms in total. The van der Waals surface area contributed by atoms with Crippen LogP contribution in [0.4, 0.5) is 34.1 Å². The van der Waals surface area contributed by atoms with Crippen LogP contribution in [0.5, 0.6) is 0 Å². The lowest BCUT2D eigenvalue weighted by molar-refractivity contribution is 0.454. The molecule has 2 aliphatic heterocycles. The van der Waals surface area contributed by atoms with Crippen LogP contribution in [-0.2, 0) is 36.5 Å². The molecular weight excluding hydrogens is 1070 g/mol. The second-order valence-corrected chi connectivity index (χ2v) is 26.9. The predicted molar refractivity (Wildman–Crippen MR) is 355 cm³/mol. The molecule has 0 radical (unpaired) electrons. The molecule has 1 unspecified atom stereocenters. The van der Waals surface area contributed by atoms with Crippen LogP contribution in [-0.4, -0.2) is 0 Å². The molecule has 12 aromatic carbocycles. The number of nitrogens with zero attached hydrogens (tertiary/aromatic N) is 2. The topological polar surface area (TPSA) is 6.48 Å². The molecule has 0 fully saturated rings. The molecule has 0 amide bonds. The van der Waals surface area contributed by atoms with Gasteiger partial charge >= 0.3 is 0 Å². The summed E-state index contributed by atoms with van der Waals surface area (Å²) in [6.07, 6.45) is 9.19. The van der Waals surface area contributed by atoms with E-state index in [0.717, 1.165) is 31.4 Å². The highest BCUT2D eigenvalue weighted by atomic mass is 32.2. The van der Waals surface area contributed by atoms with Gasteiger partial charge in [-0.25, -0.2) is 0 Å². The Hall–Kier alpha value is -9.06. The Kier molecular flexibility index (Phi) is 10.2. The van der Waals surface area contributed by atoms with Gasteiger partial charge in [0.2, 0.25) is 0 Å². The van der Waals surface area contributed by atoms with Gasteiger partial charge in [-0.05, 0) is 215 Å². The van der Waals surface area contributed by atoms with E-state index >= 15 is 0 Å². The van der Waals surface area contributed by atoms with Crippen molar-refractivity contribution in [3.8, 4) is 22.3 Å². The molecule has 2 spiro atoms. The van der Waals surface area contributed by atoms with E-state index in [1.165, 1.54) is 147 Å². The van der Waals surface area contributed by atoms with E-state index < -0.39 is 0 Å². The van der Waals surface area contributed by atoms with Gasteiger partial charge in [0.25, 0.3) is 0 Å². The highest BCUT2D eigenvalue weighted by molar-refractivity contribution is 8.00. The first-order valence-electron chi connectivity index (χ1n) is 30.3. The van der Waals surface area contributed by atoms with Gasteiger partial charge in [-0.2, -0.15) is 0 Å². The van der Waals surface area contributed by atoms with Crippen LogP contribution in [0.15, 0.2) is 286 Å². The molecule has 0 saturated carbocycles. The maximum atomic E-state index is 2.64. The van der Waals surface area contributed by atoms with Crippen LogP contribution in [0.3, 0.4) is 0 Å². The summed E-state index contributed by atoms with van der Waals surface area (Å²) in [5.41, 5.74) is 28.3. The number of hydrogen-bond donors (Lipinski definition) is 0. The average Bonchev–Trinajstić information content (AvgIpc) is 1.69. The second-order valence-electron chi connectivity index (χ2n) is 24.8. The summed E-state index contributed by atoms with van der Waals surface area (Å²) in [7, 11) is 0. The Bertz CT molecular complexity index is 4840. The minimum Gasteiger partial charge on any atom is -0.308 e. The van der Waals surface area contributed by atoms with E-state index in [9.17, 15) is 0 Å². The van der Waals surface area contributed by atoms with E-state index in [4.69, 9.17) is 0 Å². The highest BCUT2D eigenvalue weighted by Crippen LogP contribution is 2.63. The summed E-state index contributed by atoms with van der Waals surface area (Å²) in [5, 5.41) is 5.18. The Balaban J connectivity index is 0.904. The van der Waals surface area contributed by atoms with Gasteiger partial charge in [0.15, 0.2) is 0 Å². The summed E-state index contributed by atoms with van der Waals surface area (Å²) in [4.78, 5) is 10.1. The molecule has 4 heteroatoms. The minimum absolute atomic E-state index is 0.0629. The molecule has 12 aromatic rings. The van der Waals surface area contributed by atoms with Crippen molar-refractivity contribution >= 4 is 84.8 Å². The van der Waals surface area contributed by atoms with Crippen molar-refractivity contribution in [3.63, 3.8) is 0 Å². The molecule has 2 heterocycles. The summed E-state index contributed by atoms with van der Waals surface area (Å²) < 4.78 is 0. The van der Waals surface area contributed by atoms with Crippen molar-refractivity contribution in [2.45, 2.75) is 68.9 Å². The number of fused-ring (bicyclic) bond motifs is 17. The Labute approximate surface area is 504 Å². The van der Waals surface area contributed by atoms with Crippen LogP contribution in [0.25, 0.3) is 49.4 Å². The van der Waals surface area contributed by atoms with Crippen LogP contribution in [0.2, 0.25) is 0 Å². The molecular formula is C81H56N2S2. The Morgan fingerprint density at radius 2 is 0.824 bits per heavy atom. The van der Waals surface area contributed by atoms with Crippen LogP contribution in [0.1, 0.15) is 62.9 Å². The number of rotatable bonds is 4. The van der Waals surface area contributed by atoms with E-state index in [0.29, 0.717) is 0 Å². The van der Waals surface area contributed by atoms with Crippen molar-refractivity contribution in [1.29, 1.82) is 0 Å². The first-order valence-corrected chi connectivity index (χ1v) is 31.9. The lowest BCUT2D eigenvalue weighted by Gasteiger charge is -2.38. The maximum absolute atomic E-state index is 2.64. The van der Waals surface area contributed by atoms with Crippen molar-refractivity contribution in [1.82, 2.24) is 0 Å². The number of para-hydroxylation sites is 4. The van der Waals surface area contributed by atoms with Gasteiger partial charge < -0.3 is 9.80 Å². The molecule has 2 atom stereocenters. The van der Waals surface area contributed by atoms with Gasteiger partial charge in [0.1, 0.15) is 0 Å².